The van der Waals surface area contributed by atoms with Gasteiger partial charge in [0.25, 0.3) is 6.71 Å². The van der Waals surface area contributed by atoms with Gasteiger partial charge in [0, 0.05) is 58.3 Å². The zero-order chi connectivity index (χ0) is 41.1. The van der Waals surface area contributed by atoms with Crippen LogP contribution in [0.25, 0.3) is 31.3 Å². The quantitative estimate of drug-likeness (QED) is 0.160. The Bertz CT molecular complexity index is 3430. The number of alkyl halides is 3. The highest BCUT2D eigenvalue weighted by Crippen LogP contribution is 2.56. The molecule has 2 nitrogen and oxygen atoms in total. The summed E-state index contributed by atoms with van der Waals surface area (Å²) in [6.45, 7) is 6.04. The van der Waals surface area contributed by atoms with Crippen LogP contribution in [0.2, 0.25) is 0 Å². The molecule has 61 heavy (non-hydrogen) atoms. The number of aryl methyl sites for hydroxylation is 3. The molecule has 0 atom stereocenters. The smallest absolute Gasteiger partial charge is 0.312 e. The first kappa shape index (κ1) is 35.6. The minimum Gasteiger partial charge on any atom is -0.312 e. The molecule has 0 amide bonds. The second kappa shape index (κ2) is 12.5. The van der Waals surface area contributed by atoms with Crippen LogP contribution in [0.4, 0.5) is 47.3 Å². The number of fused-ring (bicyclic) bond motifs is 13. The maximum absolute atomic E-state index is 15.6. The summed E-state index contributed by atoms with van der Waals surface area (Å²) >= 11 is 3.53. The number of rotatable bonds is 2. The SMILES string of the molecule is Cc1ccc2c(c1)B1c3ccccc3Sc3c1c1c4c(c3-c3cccc5sc6ccccc6c35)N(c3ccccc3C(F)(F)F)c3ccc(C)cc3B4c3cc(C)ccc3N21. The van der Waals surface area contributed by atoms with Crippen LogP contribution >= 0.6 is 23.1 Å². The summed E-state index contributed by atoms with van der Waals surface area (Å²) in [6.07, 6.45) is -4.60. The summed E-state index contributed by atoms with van der Waals surface area (Å²) < 4.78 is 49.1. The molecule has 9 aromatic rings. The van der Waals surface area contributed by atoms with Crippen LogP contribution in [-0.4, -0.2) is 13.4 Å². The molecule has 290 valence electrons. The second-order valence-corrected chi connectivity index (χ2v) is 19.0. The monoisotopic (exact) mass is 828 g/mol. The normalized spacial score (nSPS) is 14.2. The van der Waals surface area contributed by atoms with E-state index in [1.807, 2.05) is 11.0 Å². The van der Waals surface area contributed by atoms with Crippen molar-refractivity contribution in [1.29, 1.82) is 0 Å². The summed E-state index contributed by atoms with van der Waals surface area (Å²) in [5, 5.41) is 2.28. The van der Waals surface area contributed by atoms with E-state index < -0.39 is 11.7 Å². The number of nitrogens with zero attached hydrogens (tertiary/aromatic N) is 2. The molecule has 0 fully saturated rings. The highest BCUT2D eigenvalue weighted by Gasteiger charge is 2.53. The Morgan fingerprint density at radius 2 is 1.08 bits per heavy atom. The van der Waals surface area contributed by atoms with Crippen LogP contribution < -0.4 is 42.6 Å². The van der Waals surface area contributed by atoms with Crippen molar-refractivity contribution in [2.24, 2.45) is 0 Å². The van der Waals surface area contributed by atoms with Crippen molar-refractivity contribution >= 4 is 124 Å². The molecular formula is C52H33B2F3N2S2. The average molecular weight is 829 g/mol. The van der Waals surface area contributed by atoms with E-state index in [0.29, 0.717) is 0 Å². The highest BCUT2D eigenvalue weighted by atomic mass is 32.2. The third-order valence-corrected chi connectivity index (χ3v) is 15.6. The first-order valence-electron chi connectivity index (χ1n) is 20.6. The predicted molar refractivity (Wildman–Crippen MR) is 253 cm³/mol. The lowest BCUT2D eigenvalue weighted by atomic mass is 9.29. The molecule has 13 rings (SSSR count). The molecule has 0 N–H and O–H groups in total. The van der Waals surface area contributed by atoms with Crippen molar-refractivity contribution in [2.75, 3.05) is 9.80 Å². The van der Waals surface area contributed by atoms with E-state index in [-0.39, 0.29) is 19.1 Å². The van der Waals surface area contributed by atoms with E-state index in [9.17, 15) is 0 Å². The van der Waals surface area contributed by atoms with Crippen molar-refractivity contribution in [2.45, 2.75) is 36.7 Å². The van der Waals surface area contributed by atoms with Gasteiger partial charge in [-0.05, 0) is 102 Å². The van der Waals surface area contributed by atoms with Gasteiger partial charge in [-0.3, -0.25) is 0 Å². The maximum atomic E-state index is 15.6. The summed E-state index contributed by atoms with van der Waals surface area (Å²) in [4.78, 5) is 6.70. The average Bonchev–Trinajstić information content (AvgIpc) is 3.65. The molecule has 8 aromatic carbocycles. The van der Waals surface area contributed by atoms with Crippen LogP contribution in [-0.2, 0) is 6.18 Å². The van der Waals surface area contributed by atoms with Gasteiger partial charge >= 0.3 is 6.18 Å². The summed E-state index contributed by atoms with van der Waals surface area (Å²) in [5.41, 5.74) is 16.7. The number of para-hydroxylation sites is 1. The van der Waals surface area contributed by atoms with Gasteiger partial charge in [0.1, 0.15) is 0 Å². The third-order valence-electron chi connectivity index (χ3n) is 13.3. The Morgan fingerprint density at radius 1 is 0.508 bits per heavy atom. The standard InChI is InChI=1S/C52H33B2F3N2S2/c1-28-20-23-40-35(25-28)53-34-14-6-9-17-43(34)61-51-46(32-12-10-18-44-45(32)31-11-4-8-16-42(31)60-44)49-47-50(48(51)53)59(40)41-24-21-30(3)27-37(41)54(47)36-26-29(2)19-22-39(36)58(49)38-15-7-5-13-33(38)52(55,56)57/h4-27H,1-3H3. The van der Waals surface area contributed by atoms with Crippen molar-refractivity contribution < 1.29 is 13.2 Å². The number of hydrogen-bond donors (Lipinski definition) is 0. The van der Waals surface area contributed by atoms with Gasteiger partial charge in [-0.2, -0.15) is 13.2 Å². The van der Waals surface area contributed by atoms with E-state index in [4.69, 9.17) is 0 Å². The van der Waals surface area contributed by atoms with Crippen LogP contribution in [0, 0.1) is 20.8 Å². The van der Waals surface area contributed by atoms with Gasteiger partial charge in [0.05, 0.1) is 16.9 Å². The van der Waals surface area contributed by atoms with Crippen LogP contribution in [0.15, 0.2) is 155 Å². The predicted octanol–water partition coefficient (Wildman–Crippen LogP) is 11.0. The fourth-order valence-electron chi connectivity index (χ4n) is 10.9. The number of halogens is 3. The van der Waals surface area contributed by atoms with Crippen molar-refractivity contribution in [1.82, 2.24) is 0 Å². The minimum absolute atomic E-state index is 0.0986. The van der Waals surface area contributed by atoms with Crippen LogP contribution in [0.3, 0.4) is 0 Å². The Morgan fingerprint density at radius 3 is 1.77 bits per heavy atom. The van der Waals surface area contributed by atoms with E-state index in [0.717, 1.165) is 92.3 Å². The van der Waals surface area contributed by atoms with Crippen LogP contribution in [0.5, 0.6) is 0 Å². The Labute approximate surface area is 360 Å². The van der Waals surface area contributed by atoms with Gasteiger partial charge in [-0.15, -0.1) is 11.3 Å². The topological polar surface area (TPSA) is 6.48 Å². The summed E-state index contributed by atoms with van der Waals surface area (Å²) in [6, 6.07) is 49.9. The second-order valence-electron chi connectivity index (χ2n) is 16.9. The molecule has 1 aromatic heterocycles. The zero-order valence-electron chi connectivity index (χ0n) is 33.4. The molecule has 0 saturated carbocycles. The van der Waals surface area contributed by atoms with Gasteiger partial charge in [-0.1, -0.05) is 131 Å². The Hall–Kier alpha value is -6.15. The van der Waals surface area contributed by atoms with E-state index in [1.54, 1.807) is 35.2 Å². The Kier molecular flexibility index (Phi) is 7.27. The lowest BCUT2D eigenvalue weighted by Gasteiger charge is -2.50. The van der Waals surface area contributed by atoms with Gasteiger partial charge in [-0.25, -0.2) is 0 Å². The van der Waals surface area contributed by atoms with Crippen molar-refractivity contribution in [3.05, 3.63) is 168 Å². The first-order chi connectivity index (χ1) is 29.7. The molecule has 9 heteroatoms. The van der Waals surface area contributed by atoms with Gasteiger partial charge in [0.15, 0.2) is 0 Å². The lowest BCUT2D eigenvalue weighted by molar-refractivity contribution is -0.137. The fourth-order valence-corrected chi connectivity index (χ4v) is 13.4. The van der Waals surface area contributed by atoms with E-state index in [2.05, 4.69) is 141 Å². The molecule has 0 saturated heterocycles. The molecule has 0 spiro atoms. The number of anilines is 6. The Balaban J connectivity index is 1.30. The summed E-state index contributed by atoms with van der Waals surface area (Å²) in [5.74, 6) is 0. The number of hydrogen-bond acceptors (Lipinski definition) is 4. The molecular weight excluding hydrogens is 795 g/mol. The van der Waals surface area contributed by atoms with E-state index >= 15 is 13.2 Å². The first-order valence-corrected chi connectivity index (χ1v) is 22.3. The van der Waals surface area contributed by atoms with Crippen molar-refractivity contribution in [3.8, 4) is 11.1 Å². The van der Waals surface area contributed by atoms with Gasteiger partial charge < -0.3 is 9.80 Å². The van der Waals surface area contributed by atoms with Gasteiger partial charge in [0.2, 0.25) is 6.71 Å². The maximum Gasteiger partial charge on any atom is 0.418 e. The molecule has 0 aliphatic carbocycles. The third kappa shape index (κ3) is 4.79. The lowest BCUT2D eigenvalue weighted by Crippen LogP contribution is -2.68. The zero-order valence-corrected chi connectivity index (χ0v) is 35.0. The highest BCUT2D eigenvalue weighted by molar-refractivity contribution is 8.00. The molecule has 0 radical (unpaired) electrons. The summed E-state index contributed by atoms with van der Waals surface area (Å²) in [7, 11) is 0. The minimum atomic E-state index is -4.60. The fraction of sp³-hybridized carbons (Fsp3) is 0.0769. The van der Waals surface area contributed by atoms with Crippen LogP contribution in [0.1, 0.15) is 22.3 Å². The largest absolute Gasteiger partial charge is 0.418 e. The molecule has 5 heterocycles. The molecule has 4 aliphatic heterocycles. The number of thiophene rings is 1. The van der Waals surface area contributed by atoms with Crippen molar-refractivity contribution in [3.63, 3.8) is 0 Å². The number of benzene rings is 8. The molecule has 4 aliphatic rings. The molecule has 0 bridgehead atoms. The van der Waals surface area contributed by atoms with E-state index in [1.165, 1.54) is 38.8 Å². The molecule has 0 unspecified atom stereocenters.